The molecule has 1 fully saturated rings. The monoisotopic (exact) mass is 419 g/mol. The summed E-state index contributed by atoms with van der Waals surface area (Å²) in [5, 5.41) is 4.83. The highest BCUT2D eigenvalue weighted by Gasteiger charge is 2.23. The summed E-state index contributed by atoms with van der Waals surface area (Å²) < 4.78 is 0. The predicted molar refractivity (Wildman–Crippen MR) is 117 cm³/mol. The first-order chi connectivity index (χ1) is 13.1. The van der Waals surface area contributed by atoms with Gasteiger partial charge in [-0.25, -0.2) is 0 Å². The van der Waals surface area contributed by atoms with Gasteiger partial charge in [0.1, 0.15) is 0 Å². The fraction of sp³-hybridized carbons (Fsp3) is 0.300. The Morgan fingerprint density at radius 3 is 2.30 bits per heavy atom. The number of carbonyl (C=O) groups excluding carboxylic acids is 1. The van der Waals surface area contributed by atoms with Gasteiger partial charge in [-0.15, -0.1) is 11.8 Å². The van der Waals surface area contributed by atoms with E-state index < -0.39 is 0 Å². The molecule has 0 aliphatic carbocycles. The lowest BCUT2D eigenvalue weighted by Gasteiger charge is -2.36. The fourth-order valence-electron chi connectivity index (χ4n) is 2.85. The number of benzene rings is 2. The maximum absolute atomic E-state index is 12.5. The third-order valence-electron chi connectivity index (χ3n) is 4.34. The summed E-state index contributed by atoms with van der Waals surface area (Å²) in [5.74, 6) is 1.02. The van der Waals surface area contributed by atoms with Crippen molar-refractivity contribution in [1.29, 1.82) is 0 Å². The standard InChI is InChI=1S/C20H22ClN3OS2/c21-17-6-8-18(9-7-17)27-15-10-22-20(26)24-13-11-23(12-14-24)19(25)16-4-2-1-3-5-16/h1-9H,10-15H2,(H,22,26). The number of halogens is 1. The number of thiocarbonyl (C=S) groups is 1. The normalized spacial score (nSPS) is 14.1. The van der Waals surface area contributed by atoms with Gasteiger partial charge in [-0.05, 0) is 48.6 Å². The van der Waals surface area contributed by atoms with E-state index in [4.69, 9.17) is 23.8 Å². The fourth-order valence-corrected chi connectivity index (χ4v) is 4.02. The lowest BCUT2D eigenvalue weighted by Crippen LogP contribution is -2.53. The van der Waals surface area contributed by atoms with Gasteiger partial charge in [0.15, 0.2) is 5.11 Å². The van der Waals surface area contributed by atoms with Crippen LogP contribution in [0.3, 0.4) is 0 Å². The Morgan fingerprint density at radius 1 is 1.00 bits per heavy atom. The molecule has 1 aliphatic rings. The van der Waals surface area contributed by atoms with Crippen LogP contribution in [-0.4, -0.2) is 59.3 Å². The van der Waals surface area contributed by atoms with Gasteiger partial charge in [0.2, 0.25) is 0 Å². The van der Waals surface area contributed by atoms with Crippen molar-refractivity contribution in [3.8, 4) is 0 Å². The van der Waals surface area contributed by atoms with Crippen LogP contribution in [0.15, 0.2) is 59.5 Å². The van der Waals surface area contributed by atoms with Crippen LogP contribution in [-0.2, 0) is 0 Å². The molecule has 0 spiro atoms. The second-order valence-corrected chi connectivity index (χ2v) is 8.17. The van der Waals surface area contributed by atoms with Gasteiger partial charge in [0.25, 0.3) is 5.91 Å². The smallest absolute Gasteiger partial charge is 0.253 e. The second kappa shape index (κ2) is 9.97. The number of carbonyl (C=O) groups is 1. The van der Waals surface area contributed by atoms with E-state index in [1.54, 1.807) is 11.8 Å². The number of thioether (sulfide) groups is 1. The molecule has 0 unspecified atom stereocenters. The summed E-state index contributed by atoms with van der Waals surface area (Å²) in [7, 11) is 0. The maximum Gasteiger partial charge on any atom is 0.253 e. The Labute approximate surface area is 174 Å². The van der Waals surface area contributed by atoms with Gasteiger partial charge in [0, 0.05) is 54.0 Å². The molecule has 4 nitrogen and oxygen atoms in total. The lowest BCUT2D eigenvalue weighted by molar-refractivity contribution is 0.0691. The van der Waals surface area contributed by atoms with Crippen LogP contribution in [0.5, 0.6) is 0 Å². The number of hydrogen-bond donors (Lipinski definition) is 1. The van der Waals surface area contributed by atoms with Gasteiger partial charge in [-0.1, -0.05) is 29.8 Å². The summed E-state index contributed by atoms with van der Waals surface area (Å²) in [6.07, 6.45) is 0. The number of hydrogen-bond acceptors (Lipinski definition) is 3. The molecule has 1 heterocycles. The average Bonchev–Trinajstić information content (AvgIpc) is 2.72. The molecular weight excluding hydrogens is 398 g/mol. The average molecular weight is 420 g/mol. The Balaban J connectivity index is 1.37. The molecule has 0 atom stereocenters. The number of nitrogens with zero attached hydrogens (tertiary/aromatic N) is 2. The van der Waals surface area contributed by atoms with Crippen LogP contribution in [0.4, 0.5) is 0 Å². The highest BCUT2D eigenvalue weighted by Crippen LogP contribution is 2.19. The minimum absolute atomic E-state index is 0.0912. The van der Waals surface area contributed by atoms with Crippen LogP contribution >= 0.6 is 35.6 Å². The largest absolute Gasteiger partial charge is 0.362 e. The Hall–Kier alpha value is -1.76. The molecule has 0 radical (unpaired) electrons. The molecule has 1 saturated heterocycles. The van der Waals surface area contributed by atoms with Crippen LogP contribution in [0, 0.1) is 0 Å². The van der Waals surface area contributed by atoms with E-state index >= 15 is 0 Å². The summed E-state index contributed by atoms with van der Waals surface area (Å²) in [5.41, 5.74) is 0.742. The third kappa shape index (κ3) is 5.86. The zero-order valence-electron chi connectivity index (χ0n) is 14.9. The number of rotatable bonds is 5. The quantitative estimate of drug-likeness (QED) is 0.453. The molecular formula is C20H22ClN3OS2. The SMILES string of the molecule is O=C(c1ccccc1)N1CCN(C(=S)NCCSc2ccc(Cl)cc2)CC1. The number of nitrogens with one attached hydrogen (secondary N) is 1. The lowest BCUT2D eigenvalue weighted by atomic mass is 10.2. The van der Waals surface area contributed by atoms with Crippen molar-refractivity contribution in [3.05, 3.63) is 65.2 Å². The van der Waals surface area contributed by atoms with Gasteiger partial charge in [-0.3, -0.25) is 4.79 Å². The molecule has 1 N–H and O–H groups in total. The maximum atomic E-state index is 12.5. The van der Waals surface area contributed by atoms with Crippen molar-refractivity contribution < 1.29 is 4.79 Å². The van der Waals surface area contributed by atoms with Crippen molar-refractivity contribution >= 4 is 46.6 Å². The third-order valence-corrected chi connectivity index (χ3v) is 6.00. The first-order valence-electron chi connectivity index (χ1n) is 8.89. The number of piperazine rings is 1. The summed E-state index contributed by atoms with van der Waals surface area (Å²) in [4.78, 5) is 17.7. The van der Waals surface area contributed by atoms with E-state index in [1.807, 2.05) is 59.5 Å². The van der Waals surface area contributed by atoms with Gasteiger partial charge in [-0.2, -0.15) is 0 Å². The van der Waals surface area contributed by atoms with Crippen molar-refractivity contribution in [1.82, 2.24) is 15.1 Å². The Morgan fingerprint density at radius 2 is 1.63 bits per heavy atom. The van der Waals surface area contributed by atoms with E-state index in [9.17, 15) is 4.79 Å². The van der Waals surface area contributed by atoms with E-state index in [2.05, 4.69) is 10.2 Å². The molecule has 2 aromatic rings. The van der Waals surface area contributed by atoms with E-state index in [1.165, 1.54) is 4.90 Å². The Bertz CT molecular complexity index is 763. The Kier molecular flexibility index (Phi) is 7.38. The number of amides is 1. The highest BCUT2D eigenvalue weighted by molar-refractivity contribution is 7.99. The molecule has 2 aromatic carbocycles. The molecule has 0 aromatic heterocycles. The zero-order valence-corrected chi connectivity index (χ0v) is 17.3. The molecule has 7 heteroatoms. The first kappa shape index (κ1) is 20.0. The highest BCUT2D eigenvalue weighted by atomic mass is 35.5. The molecule has 0 saturated carbocycles. The van der Waals surface area contributed by atoms with Crippen LogP contribution < -0.4 is 5.32 Å². The topological polar surface area (TPSA) is 35.6 Å². The van der Waals surface area contributed by atoms with Crippen molar-refractivity contribution in [3.63, 3.8) is 0 Å². The van der Waals surface area contributed by atoms with Crippen LogP contribution in [0.25, 0.3) is 0 Å². The molecule has 0 bridgehead atoms. The van der Waals surface area contributed by atoms with E-state index in [0.29, 0.717) is 13.1 Å². The second-order valence-electron chi connectivity index (χ2n) is 6.18. The van der Waals surface area contributed by atoms with E-state index in [0.717, 1.165) is 41.1 Å². The molecule has 27 heavy (non-hydrogen) atoms. The van der Waals surface area contributed by atoms with Gasteiger partial charge in [0.05, 0.1) is 0 Å². The molecule has 1 amide bonds. The minimum atomic E-state index is 0.0912. The zero-order chi connectivity index (χ0) is 19.1. The first-order valence-corrected chi connectivity index (χ1v) is 10.7. The van der Waals surface area contributed by atoms with E-state index in [-0.39, 0.29) is 5.91 Å². The predicted octanol–water partition coefficient (Wildman–Crippen LogP) is 3.76. The van der Waals surface area contributed by atoms with Crippen molar-refractivity contribution in [2.24, 2.45) is 0 Å². The summed E-state index contributed by atoms with van der Waals surface area (Å²) in [6.45, 7) is 3.70. The molecule has 3 rings (SSSR count). The van der Waals surface area contributed by atoms with Gasteiger partial charge < -0.3 is 15.1 Å². The van der Waals surface area contributed by atoms with Crippen molar-refractivity contribution in [2.75, 3.05) is 38.5 Å². The van der Waals surface area contributed by atoms with Gasteiger partial charge >= 0.3 is 0 Å². The molecule has 142 valence electrons. The summed E-state index contributed by atoms with van der Waals surface area (Å²) in [6, 6.07) is 17.3. The van der Waals surface area contributed by atoms with Crippen molar-refractivity contribution in [2.45, 2.75) is 4.90 Å². The minimum Gasteiger partial charge on any atom is -0.362 e. The van der Waals surface area contributed by atoms with Crippen LogP contribution in [0.1, 0.15) is 10.4 Å². The summed E-state index contributed by atoms with van der Waals surface area (Å²) >= 11 is 13.2. The molecule has 1 aliphatic heterocycles. The van der Waals surface area contributed by atoms with Crippen LogP contribution in [0.2, 0.25) is 5.02 Å².